The summed E-state index contributed by atoms with van der Waals surface area (Å²) in [6, 6.07) is -0.255. The first-order valence-electron chi connectivity index (χ1n) is 4.45. The van der Waals surface area contributed by atoms with Crippen LogP contribution in [0, 0.1) is 0 Å². The molecule has 0 saturated carbocycles. The Morgan fingerprint density at radius 1 is 1.54 bits per heavy atom. The van der Waals surface area contributed by atoms with Gasteiger partial charge < -0.3 is 5.73 Å². The van der Waals surface area contributed by atoms with Gasteiger partial charge in [0.05, 0.1) is 5.25 Å². The lowest BCUT2D eigenvalue weighted by Gasteiger charge is -2.17. The first-order valence-corrected chi connectivity index (χ1v) is 6.40. The van der Waals surface area contributed by atoms with Gasteiger partial charge in [0.1, 0.15) is 0 Å². The van der Waals surface area contributed by atoms with Crippen molar-refractivity contribution in [3.8, 4) is 0 Å². The van der Waals surface area contributed by atoms with Gasteiger partial charge in [0.2, 0.25) is 0 Å². The summed E-state index contributed by atoms with van der Waals surface area (Å²) in [4.78, 5) is 0. The van der Waals surface area contributed by atoms with Gasteiger partial charge >= 0.3 is 0 Å². The molecule has 0 aliphatic rings. The van der Waals surface area contributed by atoms with Crippen molar-refractivity contribution in [2.75, 3.05) is 6.26 Å². The number of hydrogen-bond donors (Lipinski definition) is 1. The van der Waals surface area contributed by atoms with Crippen molar-refractivity contribution in [2.24, 2.45) is 5.73 Å². The standard InChI is InChI=1S/C9H19NO2S/c1-4-5-6-7-9(10)8(2)13(3,11)12/h4,8-9H,1,5-7,10H2,2-3H3. The molecule has 78 valence electrons. The predicted molar refractivity (Wildman–Crippen MR) is 56.3 cm³/mol. The highest BCUT2D eigenvalue weighted by Gasteiger charge is 2.21. The van der Waals surface area contributed by atoms with Crippen molar-refractivity contribution in [1.82, 2.24) is 0 Å². The third-order valence-electron chi connectivity index (χ3n) is 2.22. The van der Waals surface area contributed by atoms with Gasteiger partial charge in [-0.2, -0.15) is 0 Å². The molecule has 0 fully saturated rings. The number of allylic oxidation sites excluding steroid dienone is 1. The van der Waals surface area contributed by atoms with Crippen LogP contribution < -0.4 is 5.73 Å². The second-order valence-corrected chi connectivity index (χ2v) is 5.82. The Hall–Kier alpha value is -0.350. The summed E-state index contributed by atoms with van der Waals surface area (Å²) in [6.07, 6.45) is 5.58. The molecule has 2 atom stereocenters. The van der Waals surface area contributed by atoms with Crippen LogP contribution in [0.1, 0.15) is 26.2 Å². The van der Waals surface area contributed by atoms with Crippen LogP contribution in [0.3, 0.4) is 0 Å². The molecule has 0 radical (unpaired) electrons. The molecule has 0 saturated heterocycles. The largest absolute Gasteiger partial charge is 0.327 e. The summed E-state index contributed by atoms with van der Waals surface area (Å²) in [5.41, 5.74) is 5.73. The zero-order valence-corrected chi connectivity index (χ0v) is 9.18. The molecule has 3 nitrogen and oxygen atoms in total. The molecule has 0 aliphatic heterocycles. The quantitative estimate of drug-likeness (QED) is 0.522. The third kappa shape index (κ3) is 5.05. The summed E-state index contributed by atoms with van der Waals surface area (Å²) in [6.45, 7) is 5.25. The molecule has 0 aromatic heterocycles. The minimum absolute atomic E-state index is 0.255. The number of unbranched alkanes of at least 4 members (excludes halogenated alkanes) is 1. The molecule has 0 amide bonds. The molecule has 0 aliphatic carbocycles. The van der Waals surface area contributed by atoms with Crippen LogP contribution >= 0.6 is 0 Å². The highest BCUT2D eigenvalue weighted by atomic mass is 32.2. The normalized spacial score (nSPS) is 16.5. The van der Waals surface area contributed by atoms with Crippen LogP contribution in [0.5, 0.6) is 0 Å². The average molecular weight is 205 g/mol. The Morgan fingerprint density at radius 3 is 2.46 bits per heavy atom. The number of sulfone groups is 1. The second kappa shape index (κ2) is 5.40. The van der Waals surface area contributed by atoms with E-state index >= 15 is 0 Å². The zero-order chi connectivity index (χ0) is 10.5. The van der Waals surface area contributed by atoms with E-state index in [1.165, 1.54) is 6.26 Å². The van der Waals surface area contributed by atoms with E-state index in [9.17, 15) is 8.42 Å². The van der Waals surface area contributed by atoms with Gasteiger partial charge in [-0.15, -0.1) is 6.58 Å². The van der Waals surface area contributed by atoms with Gasteiger partial charge in [-0.1, -0.05) is 6.08 Å². The fourth-order valence-electron chi connectivity index (χ4n) is 1.05. The van der Waals surface area contributed by atoms with E-state index in [2.05, 4.69) is 6.58 Å². The van der Waals surface area contributed by atoms with Crippen molar-refractivity contribution in [2.45, 2.75) is 37.5 Å². The van der Waals surface area contributed by atoms with E-state index in [0.29, 0.717) is 0 Å². The van der Waals surface area contributed by atoms with E-state index in [0.717, 1.165) is 19.3 Å². The molecule has 0 rings (SSSR count). The lowest BCUT2D eigenvalue weighted by atomic mass is 10.1. The molecule has 4 heteroatoms. The van der Waals surface area contributed by atoms with Crippen molar-refractivity contribution >= 4 is 9.84 Å². The number of hydrogen-bond acceptors (Lipinski definition) is 3. The summed E-state index contributed by atoms with van der Waals surface area (Å²) < 4.78 is 22.2. The van der Waals surface area contributed by atoms with Gasteiger partial charge in [-0.25, -0.2) is 8.42 Å². The lowest BCUT2D eigenvalue weighted by molar-refractivity contribution is 0.536. The second-order valence-electron chi connectivity index (χ2n) is 3.42. The van der Waals surface area contributed by atoms with E-state index < -0.39 is 15.1 Å². The lowest BCUT2D eigenvalue weighted by Crippen LogP contribution is -2.37. The van der Waals surface area contributed by atoms with Gasteiger partial charge in [0.15, 0.2) is 9.84 Å². The van der Waals surface area contributed by atoms with Crippen LogP contribution in [0.4, 0.5) is 0 Å². The molecule has 0 aromatic carbocycles. The third-order valence-corrected chi connectivity index (χ3v) is 3.92. The number of nitrogens with two attached hydrogens (primary N) is 1. The van der Waals surface area contributed by atoms with Gasteiger partial charge in [-0.3, -0.25) is 0 Å². The smallest absolute Gasteiger partial charge is 0.151 e. The molecule has 13 heavy (non-hydrogen) atoms. The van der Waals surface area contributed by atoms with E-state index in [1.54, 1.807) is 6.92 Å². The van der Waals surface area contributed by atoms with Crippen molar-refractivity contribution in [3.63, 3.8) is 0 Å². The monoisotopic (exact) mass is 205 g/mol. The highest BCUT2D eigenvalue weighted by Crippen LogP contribution is 2.09. The van der Waals surface area contributed by atoms with Gasteiger partial charge in [0, 0.05) is 12.3 Å². The maximum atomic E-state index is 11.1. The van der Waals surface area contributed by atoms with Crippen LogP contribution in [0.15, 0.2) is 12.7 Å². The molecule has 0 aromatic rings. The SMILES string of the molecule is C=CCCCC(N)C(C)S(C)(=O)=O. The first-order chi connectivity index (χ1) is 5.89. The highest BCUT2D eigenvalue weighted by molar-refractivity contribution is 7.91. The van der Waals surface area contributed by atoms with Gasteiger partial charge in [0.25, 0.3) is 0 Å². The van der Waals surface area contributed by atoms with Crippen LogP contribution in [0.2, 0.25) is 0 Å². The van der Waals surface area contributed by atoms with E-state index in [-0.39, 0.29) is 6.04 Å². The summed E-state index contributed by atoms with van der Waals surface area (Å²) in [5.74, 6) is 0. The fraction of sp³-hybridized carbons (Fsp3) is 0.778. The van der Waals surface area contributed by atoms with Crippen molar-refractivity contribution in [1.29, 1.82) is 0 Å². The molecule has 0 heterocycles. The average Bonchev–Trinajstić information content (AvgIpc) is 2.01. The first kappa shape index (κ1) is 12.7. The van der Waals surface area contributed by atoms with Crippen molar-refractivity contribution in [3.05, 3.63) is 12.7 Å². The van der Waals surface area contributed by atoms with Crippen LogP contribution in [-0.4, -0.2) is 26.0 Å². The minimum atomic E-state index is -2.99. The van der Waals surface area contributed by atoms with Crippen molar-refractivity contribution < 1.29 is 8.42 Å². The molecule has 0 bridgehead atoms. The maximum Gasteiger partial charge on any atom is 0.151 e. The summed E-state index contributed by atoms with van der Waals surface area (Å²) in [7, 11) is -2.99. The van der Waals surface area contributed by atoms with Crippen LogP contribution in [-0.2, 0) is 9.84 Å². The predicted octanol–water partition coefficient (Wildman–Crippen LogP) is 1.10. The molecular formula is C9H19NO2S. The Morgan fingerprint density at radius 2 is 2.08 bits per heavy atom. The molecule has 2 unspecified atom stereocenters. The number of rotatable bonds is 6. The summed E-state index contributed by atoms with van der Waals surface area (Å²) >= 11 is 0. The maximum absolute atomic E-state index is 11.1. The Balaban J connectivity index is 3.97. The zero-order valence-electron chi connectivity index (χ0n) is 8.36. The Bertz CT molecular complexity index is 246. The topological polar surface area (TPSA) is 60.2 Å². The summed E-state index contributed by atoms with van der Waals surface area (Å²) in [5, 5.41) is -0.447. The van der Waals surface area contributed by atoms with Gasteiger partial charge in [-0.05, 0) is 26.2 Å². The minimum Gasteiger partial charge on any atom is -0.327 e. The molecule has 2 N–H and O–H groups in total. The molecule has 0 spiro atoms. The Labute approximate surface area is 80.9 Å². The van der Waals surface area contributed by atoms with E-state index in [4.69, 9.17) is 5.73 Å². The van der Waals surface area contributed by atoms with E-state index in [1.807, 2.05) is 6.08 Å². The van der Waals surface area contributed by atoms with Crippen LogP contribution in [0.25, 0.3) is 0 Å². The molecular weight excluding hydrogens is 186 g/mol. The fourth-order valence-corrected chi connectivity index (χ4v) is 1.82. The Kier molecular flexibility index (Phi) is 5.25.